The number of hydrogen-bond acceptors (Lipinski definition) is 8. The van der Waals surface area contributed by atoms with E-state index in [1.54, 1.807) is 17.0 Å². The number of ether oxygens (including phenoxy) is 1. The molecule has 5 rings (SSSR count). The van der Waals surface area contributed by atoms with Crippen LogP contribution in [0.2, 0.25) is 0 Å². The first-order chi connectivity index (χ1) is 18.0. The van der Waals surface area contributed by atoms with Gasteiger partial charge in [-0.25, -0.2) is 0 Å². The molecule has 0 radical (unpaired) electrons. The van der Waals surface area contributed by atoms with Crippen molar-refractivity contribution < 1.29 is 23.2 Å². The number of nitrogens with zero attached hydrogens (tertiary/aromatic N) is 5. The first kappa shape index (κ1) is 25.2. The molecule has 0 aromatic carbocycles. The zero-order valence-electron chi connectivity index (χ0n) is 21.4. The molecule has 0 unspecified atom stereocenters. The molecule has 3 aromatic heterocycles. The summed E-state index contributed by atoms with van der Waals surface area (Å²) in [6.45, 7) is 4.37. The first-order valence-electron chi connectivity index (χ1n) is 13.1. The minimum absolute atomic E-state index is 0.0933. The monoisotopic (exact) mass is 510 g/mol. The molecule has 37 heavy (non-hydrogen) atoms. The van der Waals surface area contributed by atoms with Gasteiger partial charge in [-0.15, -0.1) is 10.2 Å². The molecule has 0 bridgehead atoms. The van der Waals surface area contributed by atoms with Crippen LogP contribution in [0.4, 0.5) is 0 Å². The van der Waals surface area contributed by atoms with Crippen LogP contribution in [0.3, 0.4) is 0 Å². The van der Waals surface area contributed by atoms with Gasteiger partial charge in [0.1, 0.15) is 23.8 Å². The molecule has 1 aliphatic carbocycles. The molecular formula is C26H34N6O5. The predicted octanol–water partition coefficient (Wildman–Crippen LogP) is 3.34. The molecule has 2 amide bonds. The molecule has 0 spiro atoms. The number of nitrogens with one attached hydrogen (secondary N) is 1. The van der Waals surface area contributed by atoms with E-state index in [1.165, 1.54) is 11.2 Å². The molecule has 198 valence electrons. The number of amides is 2. The minimum atomic E-state index is -0.928. The summed E-state index contributed by atoms with van der Waals surface area (Å²) >= 11 is 0. The van der Waals surface area contributed by atoms with Crippen LogP contribution in [0.1, 0.15) is 68.3 Å². The van der Waals surface area contributed by atoms with Crippen LogP contribution in [-0.2, 0) is 20.9 Å². The van der Waals surface area contributed by atoms with Crippen molar-refractivity contribution in [1.29, 1.82) is 0 Å². The van der Waals surface area contributed by atoms with Gasteiger partial charge in [0.15, 0.2) is 11.8 Å². The van der Waals surface area contributed by atoms with E-state index in [0.29, 0.717) is 29.7 Å². The van der Waals surface area contributed by atoms with Gasteiger partial charge < -0.3 is 23.8 Å². The van der Waals surface area contributed by atoms with Gasteiger partial charge in [-0.05, 0) is 69.0 Å². The summed E-state index contributed by atoms with van der Waals surface area (Å²) in [7, 11) is 0. The van der Waals surface area contributed by atoms with Crippen LogP contribution >= 0.6 is 0 Å². The quantitative estimate of drug-likeness (QED) is 0.464. The molecule has 1 saturated heterocycles. The number of aromatic nitrogens is 4. The summed E-state index contributed by atoms with van der Waals surface area (Å²) in [4.78, 5) is 30.3. The lowest BCUT2D eigenvalue weighted by molar-refractivity contribution is -0.144. The number of rotatable bonds is 9. The van der Waals surface area contributed by atoms with E-state index >= 15 is 0 Å². The van der Waals surface area contributed by atoms with E-state index in [2.05, 4.69) is 20.7 Å². The van der Waals surface area contributed by atoms with Gasteiger partial charge in [0.05, 0.1) is 6.10 Å². The van der Waals surface area contributed by atoms with Gasteiger partial charge in [0, 0.05) is 19.2 Å². The van der Waals surface area contributed by atoms with Crippen molar-refractivity contribution in [2.45, 2.75) is 83.5 Å². The molecule has 4 heterocycles. The average molecular weight is 511 g/mol. The fourth-order valence-electron chi connectivity index (χ4n) is 5.09. The summed E-state index contributed by atoms with van der Waals surface area (Å²) in [6, 6.07) is 6.31. The van der Waals surface area contributed by atoms with Crippen molar-refractivity contribution >= 4 is 11.8 Å². The van der Waals surface area contributed by atoms with Crippen molar-refractivity contribution in [3.63, 3.8) is 0 Å². The third kappa shape index (κ3) is 6.10. The second-order valence-electron chi connectivity index (χ2n) is 9.93. The lowest BCUT2D eigenvalue weighted by atomic mass is 9.95. The Morgan fingerprint density at radius 1 is 1.05 bits per heavy atom. The Hall–Kier alpha value is -3.47. The lowest BCUT2D eigenvalue weighted by Gasteiger charge is -2.33. The molecule has 1 aliphatic heterocycles. The largest absolute Gasteiger partial charge is 0.464 e. The number of carbonyl (C=O) groups is 2. The second kappa shape index (κ2) is 11.3. The van der Waals surface area contributed by atoms with E-state index in [1.807, 2.05) is 26.0 Å². The smallest absolute Gasteiger partial charge is 0.250 e. The SMILES string of the molecule is Cc1ccc(-c2nnn(CC(=O)N(C[C@@H]3CCCO3)[C@H](C(=O)NC3CCCCC3)c3ccc(C)o3)n2)o1. The molecule has 1 N–H and O–H groups in total. The average Bonchev–Trinajstić information content (AvgIpc) is 3.69. The van der Waals surface area contributed by atoms with E-state index in [9.17, 15) is 9.59 Å². The summed E-state index contributed by atoms with van der Waals surface area (Å²) in [5.41, 5.74) is 0. The molecule has 2 aliphatic rings. The topological polar surface area (TPSA) is 129 Å². The Labute approximate surface area is 215 Å². The molecular weight excluding hydrogens is 476 g/mol. The van der Waals surface area contributed by atoms with Gasteiger partial charge in [-0.2, -0.15) is 4.80 Å². The van der Waals surface area contributed by atoms with Crippen LogP contribution in [0.25, 0.3) is 11.6 Å². The number of hydrogen-bond donors (Lipinski definition) is 1. The fourth-order valence-corrected chi connectivity index (χ4v) is 5.09. The van der Waals surface area contributed by atoms with Crippen molar-refractivity contribution in [2.24, 2.45) is 0 Å². The first-order valence-corrected chi connectivity index (χ1v) is 13.1. The Bertz CT molecular complexity index is 1200. The third-order valence-corrected chi connectivity index (χ3v) is 6.98. The zero-order valence-corrected chi connectivity index (χ0v) is 21.4. The van der Waals surface area contributed by atoms with Gasteiger partial charge in [0.25, 0.3) is 5.91 Å². The molecule has 11 heteroatoms. The summed E-state index contributed by atoms with van der Waals surface area (Å²) in [5.74, 6) is 2.02. The van der Waals surface area contributed by atoms with E-state index in [-0.39, 0.29) is 37.0 Å². The predicted molar refractivity (Wildman–Crippen MR) is 132 cm³/mol. The molecule has 2 fully saturated rings. The van der Waals surface area contributed by atoms with E-state index in [4.69, 9.17) is 13.6 Å². The maximum atomic E-state index is 13.8. The number of aryl methyl sites for hydroxylation is 2. The highest BCUT2D eigenvalue weighted by molar-refractivity contribution is 5.88. The standard InChI is InChI=1S/C26H34N6O5/c1-17-10-12-21(36-17)24(26(34)27-19-7-4-3-5-8-19)31(15-20-9-6-14-35-20)23(33)16-32-29-25(28-30-32)22-13-11-18(2)37-22/h10-13,19-20,24H,3-9,14-16H2,1-2H3,(H,27,34)/t20-,24-/m0/s1. The highest BCUT2D eigenvalue weighted by Gasteiger charge is 2.37. The molecule has 2 atom stereocenters. The Morgan fingerprint density at radius 2 is 1.84 bits per heavy atom. The van der Waals surface area contributed by atoms with Gasteiger partial charge in [-0.1, -0.05) is 19.3 Å². The Morgan fingerprint density at radius 3 is 2.51 bits per heavy atom. The third-order valence-electron chi connectivity index (χ3n) is 6.98. The highest BCUT2D eigenvalue weighted by Crippen LogP contribution is 2.28. The Balaban J connectivity index is 1.40. The van der Waals surface area contributed by atoms with Crippen LogP contribution < -0.4 is 5.32 Å². The van der Waals surface area contributed by atoms with Gasteiger partial charge in [0.2, 0.25) is 11.7 Å². The second-order valence-corrected chi connectivity index (χ2v) is 9.93. The Kier molecular flexibility index (Phi) is 7.68. The zero-order chi connectivity index (χ0) is 25.8. The number of carbonyl (C=O) groups excluding carboxylic acids is 2. The maximum absolute atomic E-state index is 13.8. The van der Waals surface area contributed by atoms with Crippen molar-refractivity contribution in [3.8, 4) is 11.6 Å². The van der Waals surface area contributed by atoms with Gasteiger partial charge >= 0.3 is 0 Å². The summed E-state index contributed by atoms with van der Waals surface area (Å²) in [6.07, 6.45) is 6.81. The van der Waals surface area contributed by atoms with Gasteiger partial charge in [-0.3, -0.25) is 9.59 Å². The summed E-state index contributed by atoms with van der Waals surface area (Å²) < 4.78 is 17.3. The van der Waals surface area contributed by atoms with Crippen LogP contribution in [0.5, 0.6) is 0 Å². The summed E-state index contributed by atoms with van der Waals surface area (Å²) in [5, 5.41) is 15.6. The highest BCUT2D eigenvalue weighted by atomic mass is 16.5. The normalized spacial score (nSPS) is 19.1. The molecule has 1 saturated carbocycles. The fraction of sp³-hybridized carbons (Fsp3) is 0.577. The number of furan rings is 2. The van der Waals surface area contributed by atoms with Crippen LogP contribution in [0.15, 0.2) is 33.1 Å². The molecule has 3 aromatic rings. The minimum Gasteiger partial charge on any atom is -0.464 e. The molecule has 11 nitrogen and oxygen atoms in total. The van der Waals surface area contributed by atoms with Crippen molar-refractivity contribution in [1.82, 2.24) is 30.4 Å². The van der Waals surface area contributed by atoms with Crippen LogP contribution in [0, 0.1) is 13.8 Å². The van der Waals surface area contributed by atoms with Crippen molar-refractivity contribution in [2.75, 3.05) is 13.2 Å². The lowest BCUT2D eigenvalue weighted by Crippen LogP contribution is -2.49. The van der Waals surface area contributed by atoms with E-state index < -0.39 is 6.04 Å². The van der Waals surface area contributed by atoms with E-state index in [0.717, 1.165) is 44.3 Å². The van der Waals surface area contributed by atoms with Crippen LogP contribution in [-0.4, -0.2) is 62.2 Å². The maximum Gasteiger partial charge on any atom is 0.250 e. The number of tetrazole rings is 1. The van der Waals surface area contributed by atoms with Crippen molar-refractivity contribution in [3.05, 3.63) is 41.5 Å².